The number of H-pyrrole nitrogens is 1. The van der Waals surface area contributed by atoms with E-state index in [1.54, 1.807) is 0 Å². The summed E-state index contributed by atoms with van der Waals surface area (Å²) in [5.74, 6) is 1.50. The van der Waals surface area contributed by atoms with Crippen molar-refractivity contribution < 1.29 is 4.79 Å². The third-order valence-electron chi connectivity index (χ3n) is 3.79. The fourth-order valence-electron chi connectivity index (χ4n) is 2.65. The van der Waals surface area contributed by atoms with Crippen LogP contribution in [0.25, 0.3) is 11.3 Å². The molecule has 0 spiro atoms. The van der Waals surface area contributed by atoms with E-state index in [0.717, 1.165) is 36.5 Å². The van der Waals surface area contributed by atoms with Gasteiger partial charge in [0, 0.05) is 25.3 Å². The molecule has 1 fully saturated rings. The molecule has 3 rings (SSSR count). The van der Waals surface area contributed by atoms with Gasteiger partial charge in [-0.1, -0.05) is 31.2 Å². The van der Waals surface area contributed by atoms with Gasteiger partial charge in [0.25, 0.3) is 0 Å². The van der Waals surface area contributed by atoms with Crippen molar-refractivity contribution in [1.29, 1.82) is 0 Å². The zero-order valence-electron chi connectivity index (χ0n) is 11.6. The summed E-state index contributed by atoms with van der Waals surface area (Å²) in [6.45, 7) is 2.90. The van der Waals surface area contributed by atoms with Crippen LogP contribution in [0.5, 0.6) is 0 Å². The largest absolute Gasteiger partial charge is 0.355 e. The van der Waals surface area contributed by atoms with Crippen molar-refractivity contribution >= 4 is 5.91 Å². The molecule has 2 N–H and O–H groups in total. The summed E-state index contributed by atoms with van der Waals surface area (Å²) in [6.07, 6.45) is 4.56. The van der Waals surface area contributed by atoms with Crippen molar-refractivity contribution in [3.05, 3.63) is 41.9 Å². The van der Waals surface area contributed by atoms with E-state index in [-0.39, 0.29) is 5.91 Å². The quantitative estimate of drug-likeness (QED) is 0.896. The van der Waals surface area contributed by atoms with Crippen LogP contribution in [0.2, 0.25) is 0 Å². The zero-order chi connectivity index (χ0) is 13.9. The van der Waals surface area contributed by atoms with Crippen molar-refractivity contribution in [3.8, 4) is 11.3 Å². The number of rotatable bonds is 4. The van der Waals surface area contributed by atoms with Crippen molar-refractivity contribution in [1.82, 2.24) is 15.3 Å². The average molecular weight is 269 g/mol. The summed E-state index contributed by atoms with van der Waals surface area (Å²) in [5.41, 5.74) is 3.42. The summed E-state index contributed by atoms with van der Waals surface area (Å²) in [4.78, 5) is 19.0. The molecule has 1 saturated heterocycles. The first-order chi connectivity index (χ1) is 9.76. The Hall–Kier alpha value is -2.10. The predicted molar refractivity (Wildman–Crippen MR) is 78.4 cm³/mol. The highest BCUT2D eigenvalue weighted by Crippen LogP contribution is 2.25. The lowest BCUT2D eigenvalue weighted by Gasteiger charge is -2.08. The van der Waals surface area contributed by atoms with Crippen molar-refractivity contribution in [3.63, 3.8) is 0 Å². The number of nitrogens with zero attached hydrogens (tertiary/aromatic N) is 1. The number of benzene rings is 1. The molecule has 0 saturated carbocycles. The SMILES string of the molecule is CCCc1ncc(-c2ccc(C3CNC(=O)C3)cc2)[nH]1. The molecule has 1 unspecified atom stereocenters. The fourth-order valence-corrected chi connectivity index (χ4v) is 2.65. The number of imidazole rings is 1. The van der Waals surface area contributed by atoms with Crippen LogP contribution in [0.4, 0.5) is 0 Å². The van der Waals surface area contributed by atoms with Crippen LogP contribution in [0.1, 0.15) is 37.1 Å². The molecule has 1 amide bonds. The summed E-state index contributed by atoms with van der Waals surface area (Å²) >= 11 is 0. The molecule has 104 valence electrons. The van der Waals surface area contributed by atoms with E-state index in [9.17, 15) is 4.79 Å². The third-order valence-corrected chi connectivity index (χ3v) is 3.79. The molecule has 1 aromatic carbocycles. The Bertz CT molecular complexity index is 600. The van der Waals surface area contributed by atoms with Gasteiger partial charge >= 0.3 is 0 Å². The Morgan fingerprint density at radius 2 is 2.10 bits per heavy atom. The van der Waals surface area contributed by atoms with Crippen molar-refractivity contribution in [2.45, 2.75) is 32.1 Å². The third kappa shape index (κ3) is 2.59. The Balaban J connectivity index is 1.76. The average Bonchev–Trinajstić information content (AvgIpc) is 3.09. The topological polar surface area (TPSA) is 57.8 Å². The maximum absolute atomic E-state index is 11.3. The van der Waals surface area contributed by atoms with Crippen LogP contribution in [0, 0.1) is 0 Å². The van der Waals surface area contributed by atoms with E-state index in [0.29, 0.717) is 12.3 Å². The van der Waals surface area contributed by atoms with Crippen molar-refractivity contribution in [2.24, 2.45) is 0 Å². The Kier molecular flexibility index (Phi) is 3.54. The highest BCUT2D eigenvalue weighted by atomic mass is 16.1. The summed E-state index contributed by atoms with van der Waals surface area (Å²) in [7, 11) is 0. The van der Waals surface area contributed by atoms with E-state index in [2.05, 4.69) is 46.5 Å². The van der Waals surface area contributed by atoms with Gasteiger partial charge in [-0.2, -0.15) is 0 Å². The molecule has 2 heterocycles. The van der Waals surface area contributed by atoms with E-state index < -0.39 is 0 Å². The normalized spacial score (nSPS) is 18.2. The number of hydrogen-bond donors (Lipinski definition) is 2. The van der Waals surface area contributed by atoms with Crippen molar-refractivity contribution in [2.75, 3.05) is 6.54 Å². The lowest BCUT2D eigenvalue weighted by Crippen LogP contribution is -2.13. The summed E-state index contributed by atoms with van der Waals surface area (Å²) in [5, 5.41) is 2.88. The molecular formula is C16H19N3O. The molecular weight excluding hydrogens is 250 g/mol. The smallest absolute Gasteiger partial charge is 0.220 e. The van der Waals surface area contributed by atoms with Gasteiger partial charge < -0.3 is 10.3 Å². The number of carbonyl (C=O) groups excluding carboxylic acids is 1. The van der Waals surface area contributed by atoms with Crippen LogP contribution in [-0.2, 0) is 11.2 Å². The minimum atomic E-state index is 0.150. The number of nitrogens with one attached hydrogen (secondary N) is 2. The predicted octanol–water partition coefficient (Wildman–Crippen LogP) is 2.63. The van der Waals surface area contributed by atoms with Gasteiger partial charge in [-0.05, 0) is 17.5 Å². The molecule has 1 aliphatic rings. The number of aryl methyl sites for hydroxylation is 1. The van der Waals surface area contributed by atoms with Gasteiger partial charge in [0.05, 0.1) is 11.9 Å². The number of amides is 1. The molecule has 4 heteroatoms. The zero-order valence-corrected chi connectivity index (χ0v) is 11.6. The first-order valence-corrected chi connectivity index (χ1v) is 7.17. The maximum atomic E-state index is 11.3. The fraction of sp³-hybridized carbons (Fsp3) is 0.375. The monoisotopic (exact) mass is 269 g/mol. The van der Waals surface area contributed by atoms with Gasteiger partial charge in [-0.3, -0.25) is 4.79 Å². The Labute approximate surface area is 118 Å². The second-order valence-corrected chi connectivity index (χ2v) is 5.32. The highest BCUT2D eigenvalue weighted by molar-refractivity contribution is 5.79. The highest BCUT2D eigenvalue weighted by Gasteiger charge is 2.22. The first-order valence-electron chi connectivity index (χ1n) is 7.17. The summed E-state index contributed by atoms with van der Waals surface area (Å²) in [6, 6.07) is 8.42. The van der Waals surface area contributed by atoms with Gasteiger partial charge in [-0.25, -0.2) is 4.98 Å². The molecule has 1 aliphatic heterocycles. The minimum absolute atomic E-state index is 0.150. The number of carbonyl (C=O) groups is 1. The van der Waals surface area contributed by atoms with E-state index >= 15 is 0 Å². The second kappa shape index (κ2) is 5.49. The van der Waals surface area contributed by atoms with Crippen LogP contribution in [-0.4, -0.2) is 22.4 Å². The van der Waals surface area contributed by atoms with E-state index in [4.69, 9.17) is 0 Å². The number of hydrogen-bond acceptors (Lipinski definition) is 2. The van der Waals surface area contributed by atoms with Crippen LogP contribution < -0.4 is 5.32 Å². The maximum Gasteiger partial charge on any atom is 0.220 e. The molecule has 4 nitrogen and oxygen atoms in total. The molecule has 20 heavy (non-hydrogen) atoms. The standard InChI is InChI=1S/C16H19N3O/c1-2-3-15-17-10-14(19-15)12-6-4-11(5-7-12)13-8-16(20)18-9-13/h4-7,10,13H,2-3,8-9H2,1H3,(H,17,19)(H,18,20). The Morgan fingerprint density at radius 1 is 1.30 bits per heavy atom. The molecule has 2 aromatic rings. The lowest BCUT2D eigenvalue weighted by atomic mass is 9.97. The van der Waals surface area contributed by atoms with Gasteiger partial charge in [0.1, 0.15) is 5.82 Å². The number of aromatic nitrogens is 2. The van der Waals surface area contributed by atoms with Gasteiger partial charge in [-0.15, -0.1) is 0 Å². The van der Waals surface area contributed by atoms with E-state index in [1.165, 1.54) is 5.56 Å². The lowest BCUT2D eigenvalue weighted by molar-refractivity contribution is -0.119. The number of aromatic amines is 1. The Morgan fingerprint density at radius 3 is 2.75 bits per heavy atom. The van der Waals surface area contributed by atoms with Crippen LogP contribution >= 0.6 is 0 Å². The molecule has 0 aliphatic carbocycles. The van der Waals surface area contributed by atoms with E-state index in [1.807, 2.05) is 6.20 Å². The van der Waals surface area contributed by atoms with Crippen LogP contribution in [0.3, 0.4) is 0 Å². The second-order valence-electron chi connectivity index (χ2n) is 5.32. The first kappa shape index (κ1) is 12.9. The van der Waals surface area contributed by atoms with Crippen LogP contribution in [0.15, 0.2) is 30.5 Å². The summed E-state index contributed by atoms with van der Waals surface area (Å²) < 4.78 is 0. The van der Waals surface area contributed by atoms with Gasteiger partial charge in [0.2, 0.25) is 5.91 Å². The molecule has 0 radical (unpaired) electrons. The van der Waals surface area contributed by atoms with Gasteiger partial charge in [0.15, 0.2) is 0 Å². The molecule has 1 atom stereocenters. The molecule has 0 bridgehead atoms. The molecule has 1 aromatic heterocycles. The minimum Gasteiger partial charge on any atom is -0.355 e.